The molecule has 0 heterocycles. The van der Waals surface area contributed by atoms with E-state index >= 15 is 0 Å². The molecule has 0 aliphatic rings. The highest BCUT2D eigenvalue weighted by molar-refractivity contribution is 6.32. The monoisotopic (exact) mass is 376 g/mol. The number of carbonyl (C=O) groups excluding carboxylic acids is 1. The maximum atomic E-state index is 12.3. The number of hydrogen-bond acceptors (Lipinski definition) is 4. The van der Waals surface area contributed by atoms with Crippen molar-refractivity contribution in [3.05, 3.63) is 57.6 Å². The SMILES string of the molecule is COc1cc(/C=C(\C#N)C(=O)Nc2cccc(Cl)c2)cc(Cl)c1OC. The lowest BCUT2D eigenvalue weighted by Crippen LogP contribution is -2.13. The average Bonchev–Trinajstić information content (AvgIpc) is 2.58. The molecule has 0 aromatic heterocycles. The van der Waals surface area contributed by atoms with Crippen molar-refractivity contribution in [3.8, 4) is 17.6 Å². The van der Waals surface area contributed by atoms with Gasteiger partial charge in [0, 0.05) is 10.7 Å². The van der Waals surface area contributed by atoms with Gasteiger partial charge in [0.1, 0.15) is 11.6 Å². The topological polar surface area (TPSA) is 71.3 Å². The molecule has 25 heavy (non-hydrogen) atoms. The van der Waals surface area contributed by atoms with Crippen molar-refractivity contribution in [3.63, 3.8) is 0 Å². The van der Waals surface area contributed by atoms with Crippen LogP contribution in [0, 0.1) is 11.3 Å². The summed E-state index contributed by atoms with van der Waals surface area (Å²) in [7, 11) is 2.94. The van der Waals surface area contributed by atoms with Crippen molar-refractivity contribution in [2.75, 3.05) is 19.5 Å². The van der Waals surface area contributed by atoms with E-state index in [0.717, 1.165) is 0 Å². The van der Waals surface area contributed by atoms with E-state index in [-0.39, 0.29) is 5.57 Å². The fourth-order valence-corrected chi connectivity index (χ4v) is 2.59. The predicted molar refractivity (Wildman–Crippen MR) is 98.2 cm³/mol. The number of nitrogens with zero attached hydrogens (tertiary/aromatic N) is 1. The largest absolute Gasteiger partial charge is 0.493 e. The Morgan fingerprint density at radius 3 is 2.56 bits per heavy atom. The number of benzene rings is 2. The van der Waals surface area contributed by atoms with Gasteiger partial charge in [-0.15, -0.1) is 0 Å². The third-order valence-electron chi connectivity index (χ3n) is 3.21. The van der Waals surface area contributed by atoms with Crippen LogP contribution in [0.25, 0.3) is 6.08 Å². The highest BCUT2D eigenvalue weighted by Crippen LogP contribution is 2.36. The maximum absolute atomic E-state index is 12.3. The Hall–Kier alpha value is -2.68. The van der Waals surface area contributed by atoms with Gasteiger partial charge < -0.3 is 14.8 Å². The lowest BCUT2D eigenvalue weighted by Gasteiger charge is -2.10. The number of nitrogens with one attached hydrogen (secondary N) is 1. The van der Waals surface area contributed by atoms with Gasteiger partial charge in [-0.1, -0.05) is 29.3 Å². The van der Waals surface area contributed by atoms with Gasteiger partial charge in [-0.25, -0.2) is 0 Å². The van der Waals surface area contributed by atoms with Crippen LogP contribution < -0.4 is 14.8 Å². The van der Waals surface area contributed by atoms with Crippen molar-refractivity contribution < 1.29 is 14.3 Å². The molecule has 0 saturated heterocycles. The molecule has 0 radical (unpaired) electrons. The number of nitriles is 1. The van der Waals surface area contributed by atoms with Crippen molar-refractivity contribution >= 4 is 40.9 Å². The van der Waals surface area contributed by atoms with E-state index in [2.05, 4.69) is 5.32 Å². The molecule has 0 unspecified atom stereocenters. The molecule has 1 N–H and O–H groups in total. The minimum Gasteiger partial charge on any atom is -0.493 e. The van der Waals surface area contributed by atoms with Crippen LogP contribution in [0.15, 0.2) is 42.0 Å². The summed E-state index contributed by atoms with van der Waals surface area (Å²) >= 11 is 12.0. The van der Waals surface area contributed by atoms with Crippen LogP contribution >= 0.6 is 23.2 Å². The molecule has 0 saturated carbocycles. The zero-order valence-corrected chi connectivity index (χ0v) is 15.0. The summed E-state index contributed by atoms with van der Waals surface area (Å²) in [6, 6.07) is 11.7. The fourth-order valence-electron chi connectivity index (χ4n) is 2.10. The zero-order chi connectivity index (χ0) is 18.4. The molecule has 1 amide bonds. The first-order valence-electron chi connectivity index (χ1n) is 7.08. The minimum absolute atomic E-state index is 0.0942. The molecule has 0 bridgehead atoms. The summed E-state index contributed by atoms with van der Waals surface area (Å²) < 4.78 is 10.4. The molecule has 0 spiro atoms. The normalized spacial score (nSPS) is 10.8. The second-order valence-electron chi connectivity index (χ2n) is 4.87. The molecule has 0 atom stereocenters. The first kappa shape index (κ1) is 18.7. The van der Waals surface area contributed by atoms with Crippen molar-refractivity contribution in [1.29, 1.82) is 5.26 Å². The minimum atomic E-state index is -0.560. The fraction of sp³-hybridized carbons (Fsp3) is 0.111. The number of rotatable bonds is 5. The Morgan fingerprint density at radius 2 is 1.96 bits per heavy atom. The van der Waals surface area contributed by atoms with Gasteiger partial charge in [0.25, 0.3) is 5.91 Å². The number of amides is 1. The van der Waals surface area contributed by atoms with Gasteiger partial charge >= 0.3 is 0 Å². The number of anilines is 1. The molecule has 2 rings (SSSR count). The van der Waals surface area contributed by atoms with E-state index in [1.807, 2.05) is 6.07 Å². The molecule has 2 aromatic rings. The van der Waals surface area contributed by atoms with E-state index in [1.54, 1.807) is 36.4 Å². The Kier molecular flexibility index (Phi) is 6.29. The molecule has 0 fully saturated rings. The van der Waals surface area contributed by atoms with E-state index < -0.39 is 5.91 Å². The zero-order valence-electron chi connectivity index (χ0n) is 13.5. The quantitative estimate of drug-likeness (QED) is 0.613. The van der Waals surface area contributed by atoms with E-state index in [9.17, 15) is 10.1 Å². The van der Waals surface area contributed by atoms with Crippen LogP contribution in [-0.2, 0) is 4.79 Å². The highest BCUT2D eigenvalue weighted by atomic mass is 35.5. The molecular weight excluding hydrogens is 363 g/mol. The summed E-state index contributed by atoms with van der Waals surface area (Å²) in [6.45, 7) is 0. The number of ether oxygens (including phenoxy) is 2. The Balaban J connectivity index is 2.32. The summed E-state index contributed by atoms with van der Waals surface area (Å²) in [4.78, 5) is 12.3. The number of hydrogen-bond donors (Lipinski definition) is 1. The smallest absolute Gasteiger partial charge is 0.266 e. The number of carbonyl (C=O) groups is 1. The van der Waals surface area contributed by atoms with Crippen LogP contribution in [0.5, 0.6) is 11.5 Å². The summed E-state index contributed by atoms with van der Waals surface area (Å²) in [5.41, 5.74) is 0.924. The lowest BCUT2D eigenvalue weighted by atomic mass is 10.1. The van der Waals surface area contributed by atoms with Crippen LogP contribution in [0.4, 0.5) is 5.69 Å². The van der Waals surface area contributed by atoms with E-state index in [4.69, 9.17) is 32.7 Å². The second-order valence-corrected chi connectivity index (χ2v) is 5.72. The Labute approximate surface area is 155 Å². The average molecular weight is 377 g/mol. The third kappa shape index (κ3) is 4.66. The molecule has 7 heteroatoms. The number of halogens is 2. The van der Waals surface area contributed by atoms with Gasteiger partial charge in [0.2, 0.25) is 0 Å². The lowest BCUT2D eigenvalue weighted by molar-refractivity contribution is -0.112. The summed E-state index contributed by atoms with van der Waals surface area (Å²) in [5, 5.41) is 12.7. The van der Waals surface area contributed by atoms with E-state index in [0.29, 0.717) is 32.8 Å². The van der Waals surface area contributed by atoms with Gasteiger partial charge in [-0.2, -0.15) is 5.26 Å². The summed E-state index contributed by atoms with van der Waals surface area (Å²) in [5.74, 6) is 0.215. The molecule has 128 valence electrons. The first-order valence-corrected chi connectivity index (χ1v) is 7.84. The first-order chi connectivity index (χ1) is 12.0. The maximum Gasteiger partial charge on any atom is 0.266 e. The molecular formula is C18H14Cl2N2O3. The van der Waals surface area contributed by atoms with Gasteiger partial charge in [0.05, 0.1) is 19.2 Å². The standard InChI is InChI=1S/C18H14Cl2N2O3/c1-24-16-8-11(7-15(20)17(16)25-2)6-12(10-21)18(23)22-14-5-3-4-13(19)9-14/h3-9H,1-2H3,(H,22,23)/b12-6+. The van der Waals surface area contributed by atoms with Crippen molar-refractivity contribution in [1.82, 2.24) is 0 Å². The van der Waals surface area contributed by atoms with Crippen LogP contribution in [0.1, 0.15) is 5.56 Å². The highest BCUT2D eigenvalue weighted by Gasteiger charge is 2.13. The molecule has 0 aliphatic heterocycles. The third-order valence-corrected chi connectivity index (χ3v) is 3.73. The van der Waals surface area contributed by atoms with Crippen LogP contribution in [0.3, 0.4) is 0 Å². The molecule has 5 nitrogen and oxygen atoms in total. The molecule has 2 aromatic carbocycles. The predicted octanol–water partition coefficient (Wildman–Crippen LogP) is 4.56. The van der Waals surface area contributed by atoms with Crippen molar-refractivity contribution in [2.24, 2.45) is 0 Å². The van der Waals surface area contributed by atoms with Gasteiger partial charge in [-0.05, 0) is 42.0 Å². The van der Waals surface area contributed by atoms with E-state index in [1.165, 1.54) is 20.3 Å². The van der Waals surface area contributed by atoms with Crippen LogP contribution in [0.2, 0.25) is 10.0 Å². The van der Waals surface area contributed by atoms with Gasteiger partial charge in [-0.3, -0.25) is 4.79 Å². The summed E-state index contributed by atoms with van der Waals surface area (Å²) in [6.07, 6.45) is 1.41. The van der Waals surface area contributed by atoms with Crippen LogP contribution in [-0.4, -0.2) is 20.1 Å². The Bertz CT molecular complexity index is 873. The Morgan fingerprint density at radius 1 is 1.20 bits per heavy atom. The molecule has 0 aliphatic carbocycles. The van der Waals surface area contributed by atoms with Gasteiger partial charge in [0.15, 0.2) is 11.5 Å². The van der Waals surface area contributed by atoms with Crippen molar-refractivity contribution in [2.45, 2.75) is 0 Å². The number of methoxy groups -OCH3 is 2. The second kappa shape index (κ2) is 8.43.